The van der Waals surface area contributed by atoms with Crippen molar-refractivity contribution in [1.29, 1.82) is 0 Å². The van der Waals surface area contributed by atoms with Gasteiger partial charge in [-0.1, -0.05) is 375 Å². The van der Waals surface area contributed by atoms with Crippen molar-refractivity contribution in [1.82, 2.24) is 0 Å². The molecule has 0 aromatic heterocycles. The Kier molecular flexibility index (Phi) is 61.5. The molecular formula is C47H60Br7Cl7. The Hall–Kier alpha value is 1.49. The van der Waals surface area contributed by atoms with E-state index in [-0.39, 0.29) is 2.65 Å². The predicted molar refractivity (Wildman–Crippen MR) is 312 cm³/mol. The molecule has 0 amide bonds. The maximum absolute atomic E-state index is 4.96. The number of halogens is 14. The summed E-state index contributed by atoms with van der Waals surface area (Å²) >= 11 is 55.4. The smallest absolute Gasteiger partial charge is 0.114 e. The minimum Gasteiger partial charge on any atom is -0.114 e. The minimum absolute atomic E-state index is 0.271. The minimum atomic E-state index is -1.61. The van der Waals surface area contributed by atoms with Crippen molar-refractivity contribution in [2.24, 2.45) is 0 Å². The largest absolute Gasteiger partial charge is 0.266 e. The van der Waals surface area contributed by atoms with Crippen LogP contribution < -0.4 is 0 Å². The van der Waals surface area contributed by atoms with Crippen molar-refractivity contribution < 1.29 is 0 Å². The molecule has 0 aliphatic rings. The highest BCUT2D eigenvalue weighted by Gasteiger charge is 2.12. The van der Waals surface area contributed by atoms with Crippen LogP contribution in [0, 0.1) is 0 Å². The number of rotatable bonds is 5. The first kappa shape index (κ1) is 71.5. The second-order valence-electron chi connectivity index (χ2n) is 12.4. The molecule has 0 nitrogen and oxygen atoms in total. The molecule has 5 rings (SSSR count). The topological polar surface area (TPSA) is 0 Å². The summed E-state index contributed by atoms with van der Waals surface area (Å²) in [5.74, 6) is 2.52. The van der Waals surface area contributed by atoms with Gasteiger partial charge in [0, 0.05) is 4.47 Å². The number of alkyl halides is 13. The molecule has 0 spiro atoms. The third kappa shape index (κ3) is 70.7. The molecule has 61 heavy (non-hydrogen) atoms. The fraction of sp³-hybridized carbons (Fsp3) is 0.362. The first-order valence-corrected chi connectivity index (χ1v) is 28.7. The molecular weight excluding hydrogens is 1370 g/mol. The highest BCUT2D eigenvalue weighted by Crippen LogP contribution is 2.30. The maximum atomic E-state index is 4.96. The van der Waals surface area contributed by atoms with Gasteiger partial charge in [-0.2, -0.15) is 0 Å². The standard InChI is InChI=1S/3C10H14.C6H5Br.C6H6.CHBr3.CHBrCl2.CH2BrCl.CH3Br.CCl4/c1-10(2,3)9-7-5-4-6-8-9;1-3-9(2)10-7-5-4-6-8-10;1-2-3-7-10-8-5-4-6-9-10;7-6-4-2-1-3-5-6;1-2-4-6-5-3-1;2*2-1(3)4;2-1-3;1-2;2-1(3,4)5/h4-8H,1-3H3;4-9H,3H2,1-2H3;4-6,8-9H,2-3,7H2,1H3;1-5H;1-6H;2*1H;1H2;1H3;. The van der Waals surface area contributed by atoms with Gasteiger partial charge in [-0.25, -0.2) is 0 Å². The summed E-state index contributed by atoms with van der Waals surface area (Å²) in [5, 5.41) is 0. The Morgan fingerprint density at radius 3 is 1.05 bits per heavy atom. The summed E-state index contributed by atoms with van der Waals surface area (Å²) < 4.78 is -0.616. The fourth-order valence-electron chi connectivity index (χ4n) is 3.78. The second-order valence-corrected chi connectivity index (χ2v) is 27.7. The van der Waals surface area contributed by atoms with Gasteiger partial charge in [-0.05, 0) is 65.3 Å². The number of benzene rings is 5. The molecule has 0 radical (unpaired) electrons. The SMILES string of the molecule is BrC(Br)Br.Brc1ccccc1.CBr.CC(C)(C)c1ccccc1.CCC(C)c1ccccc1.CCCCc1ccccc1.ClC(Cl)(Cl)Cl.ClC(Cl)Br.ClCBr.c1ccccc1. The number of unbranched alkanes of at least 4 members (excludes halogenated alkanes) is 1. The predicted octanol–water partition coefficient (Wildman–Crippen LogP) is 23.1. The summed E-state index contributed by atoms with van der Waals surface area (Å²) in [5.41, 5.74) is 4.60. The molecule has 0 saturated heterocycles. The Morgan fingerprint density at radius 1 is 0.557 bits per heavy atom. The van der Waals surface area contributed by atoms with Crippen LogP contribution in [0.5, 0.6) is 0 Å². The van der Waals surface area contributed by atoms with Crippen LogP contribution in [-0.4, -0.2) is 20.3 Å². The van der Waals surface area contributed by atoms with E-state index in [1.165, 1.54) is 42.4 Å². The van der Waals surface area contributed by atoms with E-state index >= 15 is 0 Å². The molecule has 1 atom stereocenters. The van der Waals surface area contributed by atoms with Gasteiger partial charge in [0.2, 0.25) is 0 Å². The Balaban J connectivity index is -0.000000197. The first-order chi connectivity index (χ1) is 28.7. The molecule has 5 aromatic rings. The molecule has 1 unspecified atom stereocenters. The van der Waals surface area contributed by atoms with Crippen LogP contribution in [0.4, 0.5) is 0 Å². The zero-order valence-corrected chi connectivity index (χ0v) is 52.0. The molecule has 0 N–H and O–H groups in total. The normalized spacial score (nSPS) is 9.95. The Labute approximate surface area is 464 Å². The molecule has 346 valence electrons. The maximum Gasteiger partial charge on any atom is 0.266 e. The Bertz CT molecular complexity index is 1460. The molecule has 14 heteroatoms. The van der Waals surface area contributed by atoms with E-state index in [9.17, 15) is 0 Å². The quantitative estimate of drug-likeness (QED) is 0.154. The van der Waals surface area contributed by atoms with Crippen LogP contribution in [0.15, 0.2) is 162 Å². The van der Waals surface area contributed by atoms with Gasteiger partial charge >= 0.3 is 0 Å². The van der Waals surface area contributed by atoms with E-state index in [0.29, 0.717) is 16.1 Å². The van der Waals surface area contributed by atoms with Gasteiger partial charge in [0.25, 0.3) is 3.25 Å². The lowest BCUT2D eigenvalue weighted by Gasteiger charge is -2.18. The number of hydrogen-bond donors (Lipinski definition) is 0. The third-order valence-corrected chi connectivity index (χ3v) is 7.21. The number of aryl methyl sites for hydroxylation is 1. The van der Waals surface area contributed by atoms with Crippen LogP contribution in [-0.2, 0) is 11.8 Å². The van der Waals surface area contributed by atoms with Gasteiger partial charge in [0.05, 0.1) is 4.79 Å². The summed E-state index contributed by atoms with van der Waals surface area (Å²) in [6.07, 6.45) is 5.06. The molecule has 5 aromatic carbocycles. The number of hydrogen-bond acceptors (Lipinski definition) is 0. The van der Waals surface area contributed by atoms with E-state index in [0.717, 1.165) is 4.47 Å². The molecule has 0 aliphatic heterocycles. The average Bonchev–Trinajstić information content (AvgIpc) is 3.22. The van der Waals surface area contributed by atoms with Crippen LogP contribution in [0.1, 0.15) is 83.4 Å². The van der Waals surface area contributed by atoms with Crippen LogP contribution in [0.3, 0.4) is 0 Å². The van der Waals surface area contributed by atoms with Crippen molar-refractivity contribution in [2.75, 3.05) is 10.6 Å². The first-order valence-electron chi connectivity index (χ1n) is 18.6. The van der Waals surface area contributed by atoms with Gasteiger partial charge in [-0.15, -0.1) is 11.6 Å². The zero-order chi connectivity index (χ0) is 48.0. The van der Waals surface area contributed by atoms with Crippen molar-refractivity contribution in [3.63, 3.8) is 0 Å². The summed E-state index contributed by atoms with van der Waals surface area (Å²) in [6.45, 7) is 13.4. The third-order valence-electron chi connectivity index (χ3n) is 6.68. The summed E-state index contributed by atoms with van der Waals surface area (Å²) in [4.78, 5) is 0.535. The molecule has 0 heterocycles. The van der Waals surface area contributed by atoms with E-state index in [1.807, 2.05) is 72.6 Å². The van der Waals surface area contributed by atoms with Gasteiger partial charge in [0.15, 0.2) is 3.75 Å². The molecule has 0 bridgehead atoms. The lowest BCUT2D eigenvalue weighted by atomic mass is 9.87. The van der Waals surface area contributed by atoms with E-state index in [2.05, 4.69) is 244 Å². The Morgan fingerprint density at radius 2 is 0.820 bits per heavy atom. The molecule has 0 fully saturated rings. The average molecular weight is 1430 g/mol. The summed E-state index contributed by atoms with van der Waals surface area (Å²) in [7, 11) is 0. The second kappa shape index (κ2) is 52.5. The highest BCUT2D eigenvalue weighted by molar-refractivity contribution is 9.38. The van der Waals surface area contributed by atoms with E-state index in [1.54, 1.807) is 0 Å². The summed E-state index contributed by atoms with van der Waals surface area (Å²) in [6, 6.07) is 53.8. The monoisotopic (exact) mass is 1420 g/mol. The van der Waals surface area contributed by atoms with Crippen molar-refractivity contribution in [2.45, 2.75) is 88.2 Å². The lowest BCUT2D eigenvalue weighted by molar-refractivity contribution is 0.590. The highest BCUT2D eigenvalue weighted by atomic mass is 80.0. The lowest BCUT2D eigenvalue weighted by Crippen LogP contribution is -2.10. The molecule has 0 saturated carbocycles. The van der Waals surface area contributed by atoms with Gasteiger partial charge < -0.3 is 0 Å². The van der Waals surface area contributed by atoms with Crippen molar-refractivity contribution in [3.05, 3.63) is 179 Å². The van der Waals surface area contributed by atoms with Crippen LogP contribution in [0.25, 0.3) is 0 Å². The molecule has 0 aliphatic carbocycles. The van der Waals surface area contributed by atoms with E-state index < -0.39 is 7.00 Å². The van der Waals surface area contributed by atoms with Crippen molar-refractivity contribution >= 4 is 193 Å². The van der Waals surface area contributed by atoms with Gasteiger partial charge in [-0.3, -0.25) is 0 Å². The van der Waals surface area contributed by atoms with Crippen LogP contribution >= 0.6 is 193 Å². The van der Waals surface area contributed by atoms with Crippen LogP contribution in [0.2, 0.25) is 0 Å². The van der Waals surface area contributed by atoms with Crippen molar-refractivity contribution in [3.8, 4) is 0 Å². The zero-order valence-electron chi connectivity index (χ0n) is 35.6. The van der Waals surface area contributed by atoms with E-state index in [4.69, 9.17) is 81.2 Å². The fourth-order valence-corrected chi connectivity index (χ4v) is 4.09. The van der Waals surface area contributed by atoms with Gasteiger partial charge in [0.1, 0.15) is 2.65 Å².